The molecule has 27 heavy (non-hydrogen) atoms. The quantitative estimate of drug-likeness (QED) is 0.371. The van der Waals surface area contributed by atoms with Gasteiger partial charge in [0.1, 0.15) is 12.4 Å². The molecule has 0 bridgehead atoms. The standard InChI is InChI=1S/C20H27BrN2O2.2BrH/c1-15(23-14-20(24)17-4-3-5-18(21)13-17)12-16-6-8-19(9-7-16)25-11-10-22-2;;/h3-9,13,15,20,22-24H,10-12,14H2,1-2H3;2*1H. The van der Waals surface area contributed by atoms with E-state index in [0.717, 1.165) is 28.8 Å². The second-order valence-electron chi connectivity index (χ2n) is 6.18. The molecule has 7 heteroatoms. The van der Waals surface area contributed by atoms with Crippen LogP contribution in [0.3, 0.4) is 0 Å². The van der Waals surface area contributed by atoms with Crippen LogP contribution >= 0.6 is 49.9 Å². The number of hydrogen-bond acceptors (Lipinski definition) is 4. The Balaban J connectivity index is 0.00000338. The minimum atomic E-state index is -0.511. The Hall–Kier alpha value is -0.440. The van der Waals surface area contributed by atoms with E-state index in [1.165, 1.54) is 5.56 Å². The van der Waals surface area contributed by atoms with Crippen LogP contribution in [-0.4, -0.2) is 37.9 Å². The highest BCUT2D eigenvalue weighted by atomic mass is 79.9. The first-order valence-electron chi connectivity index (χ1n) is 8.61. The summed E-state index contributed by atoms with van der Waals surface area (Å²) in [6, 6.07) is 16.3. The topological polar surface area (TPSA) is 53.5 Å². The number of halogens is 3. The fourth-order valence-corrected chi connectivity index (χ4v) is 2.98. The average Bonchev–Trinajstić information content (AvgIpc) is 2.61. The van der Waals surface area contributed by atoms with Crippen molar-refractivity contribution in [3.63, 3.8) is 0 Å². The number of likely N-dealkylation sites (N-methyl/N-ethyl adjacent to an activating group) is 1. The maximum Gasteiger partial charge on any atom is 0.119 e. The van der Waals surface area contributed by atoms with Crippen LogP contribution in [0.15, 0.2) is 53.0 Å². The van der Waals surface area contributed by atoms with Gasteiger partial charge in [0.05, 0.1) is 6.10 Å². The number of benzene rings is 2. The molecule has 2 aromatic carbocycles. The Morgan fingerprint density at radius 1 is 1.11 bits per heavy atom. The van der Waals surface area contributed by atoms with Crippen molar-refractivity contribution < 1.29 is 9.84 Å². The summed E-state index contributed by atoms with van der Waals surface area (Å²) in [6.07, 6.45) is 0.394. The molecule has 0 aromatic heterocycles. The molecule has 152 valence electrons. The van der Waals surface area contributed by atoms with Gasteiger partial charge in [-0.3, -0.25) is 0 Å². The second kappa shape index (κ2) is 14.5. The number of nitrogens with one attached hydrogen (secondary N) is 2. The third-order valence-electron chi connectivity index (χ3n) is 3.98. The zero-order valence-corrected chi connectivity index (χ0v) is 20.7. The van der Waals surface area contributed by atoms with Crippen LogP contribution in [0.1, 0.15) is 24.2 Å². The van der Waals surface area contributed by atoms with E-state index >= 15 is 0 Å². The monoisotopic (exact) mass is 566 g/mol. The van der Waals surface area contributed by atoms with Crippen molar-refractivity contribution in [2.75, 3.05) is 26.7 Å². The van der Waals surface area contributed by atoms with Gasteiger partial charge >= 0.3 is 0 Å². The van der Waals surface area contributed by atoms with E-state index in [4.69, 9.17) is 4.74 Å². The van der Waals surface area contributed by atoms with Gasteiger partial charge in [0.2, 0.25) is 0 Å². The van der Waals surface area contributed by atoms with Crippen molar-refractivity contribution in [2.24, 2.45) is 0 Å². The fraction of sp³-hybridized carbons (Fsp3) is 0.400. The highest BCUT2D eigenvalue weighted by Crippen LogP contribution is 2.18. The van der Waals surface area contributed by atoms with Gasteiger partial charge in [0.15, 0.2) is 0 Å². The van der Waals surface area contributed by atoms with Crippen molar-refractivity contribution in [1.82, 2.24) is 10.6 Å². The van der Waals surface area contributed by atoms with E-state index in [-0.39, 0.29) is 40.0 Å². The molecular weight excluding hydrogens is 540 g/mol. The first kappa shape index (κ1) is 26.6. The SMILES string of the molecule is Br.Br.CNCCOc1ccc(CC(C)NCC(O)c2cccc(Br)c2)cc1. The van der Waals surface area contributed by atoms with Gasteiger partial charge in [-0.05, 0) is 55.8 Å². The maximum atomic E-state index is 10.3. The van der Waals surface area contributed by atoms with Crippen molar-refractivity contribution in [3.05, 3.63) is 64.1 Å². The summed E-state index contributed by atoms with van der Waals surface area (Å²) < 4.78 is 6.61. The molecule has 0 aliphatic carbocycles. The molecule has 2 aromatic rings. The van der Waals surface area contributed by atoms with Crippen molar-refractivity contribution in [3.8, 4) is 5.75 Å². The molecule has 0 radical (unpaired) electrons. The Labute approximate surface area is 191 Å². The molecule has 0 saturated heterocycles. The minimum absolute atomic E-state index is 0. The van der Waals surface area contributed by atoms with E-state index < -0.39 is 6.10 Å². The molecule has 0 aliphatic rings. The van der Waals surface area contributed by atoms with Gasteiger partial charge < -0.3 is 20.5 Å². The molecule has 0 amide bonds. The molecule has 0 fully saturated rings. The average molecular weight is 569 g/mol. The summed E-state index contributed by atoms with van der Waals surface area (Å²) in [5.74, 6) is 0.893. The lowest BCUT2D eigenvalue weighted by molar-refractivity contribution is 0.170. The molecule has 3 N–H and O–H groups in total. The molecule has 0 spiro atoms. The summed E-state index contributed by atoms with van der Waals surface area (Å²) in [7, 11) is 1.91. The lowest BCUT2D eigenvalue weighted by Gasteiger charge is -2.18. The molecule has 2 atom stereocenters. The van der Waals surface area contributed by atoms with E-state index in [9.17, 15) is 5.11 Å². The van der Waals surface area contributed by atoms with Crippen LogP contribution < -0.4 is 15.4 Å². The Kier molecular flexibility index (Phi) is 14.3. The summed E-state index contributed by atoms with van der Waals surface area (Å²) in [4.78, 5) is 0. The zero-order valence-electron chi connectivity index (χ0n) is 15.7. The van der Waals surface area contributed by atoms with Crippen LogP contribution in [0.4, 0.5) is 0 Å². The third-order valence-corrected chi connectivity index (χ3v) is 4.47. The zero-order chi connectivity index (χ0) is 18.1. The van der Waals surface area contributed by atoms with E-state index in [2.05, 4.69) is 45.6 Å². The lowest BCUT2D eigenvalue weighted by Crippen LogP contribution is -2.32. The van der Waals surface area contributed by atoms with E-state index in [0.29, 0.717) is 13.2 Å². The highest BCUT2D eigenvalue weighted by Gasteiger charge is 2.10. The first-order chi connectivity index (χ1) is 12.1. The number of aliphatic hydroxyl groups is 1. The first-order valence-corrected chi connectivity index (χ1v) is 9.41. The van der Waals surface area contributed by atoms with Crippen LogP contribution in [0.2, 0.25) is 0 Å². The number of rotatable bonds is 10. The molecule has 0 heterocycles. The number of aliphatic hydroxyl groups excluding tert-OH is 1. The Morgan fingerprint density at radius 3 is 2.44 bits per heavy atom. The predicted octanol–water partition coefficient (Wildman–Crippen LogP) is 4.46. The van der Waals surface area contributed by atoms with E-state index in [1.807, 2.05) is 43.4 Å². The third kappa shape index (κ3) is 10.1. The predicted molar refractivity (Wildman–Crippen MR) is 127 cm³/mol. The lowest BCUT2D eigenvalue weighted by atomic mass is 10.1. The molecular formula is C20H29Br3N2O2. The van der Waals surface area contributed by atoms with Crippen LogP contribution in [-0.2, 0) is 6.42 Å². The number of hydrogen-bond donors (Lipinski definition) is 3. The van der Waals surface area contributed by atoms with Gasteiger partial charge in [0, 0.05) is 23.6 Å². The van der Waals surface area contributed by atoms with Gasteiger partial charge in [-0.15, -0.1) is 34.0 Å². The van der Waals surface area contributed by atoms with Gasteiger partial charge in [-0.1, -0.05) is 40.2 Å². The smallest absolute Gasteiger partial charge is 0.119 e. The Bertz CT molecular complexity index is 641. The van der Waals surface area contributed by atoms with E-state index in [1.54, 1.807) is 0 Å². The fourth-order valence-electron chi connectivity index (χ4n) is 2.56. The molecule has 2 unspecified atom stereocenters. The van der Waals surface area contributed by atoms with Crippen molar-refractivity contribution in [1.29, 1.82) is 0 Å². The normalized spacial score (nSPS) is 12.4. The van der Waals surface area contributed by atoms with Gasteiger partial charge in [-0.25, -0.2) is 0 Å². The van der Waals surface area contributed by atoms with Crippen LogP contribution in [0.5, 0.6) is 5.75 Å². The summed E-state index contributed by atoms with van der Waals surface area (Å²) in [5.41, 5.74) is 2.16. The Morgan fingerprint density at radius 2 is 1.81 bits per heavy atom. The van der Waals surface area contributed by atoms with Crippen LogP contribution in [0, 0.1) is 0 Å². The van der Waals surface area contributed by atoms with Gasteiger partial charge in [-0.2, -0.15) is 0 Å². The maximum absolute atomic E-state index is 10.3. The number of ether oxygens (including phenoxy) is 1. The van der Waals surface area contributed by atoms with Crippen molar-refractivity contribution >= 4 is 49.9 Å². The molecule has 4 nitrogen and oxygen atoms in total. The largest absolute Gasteiger partial charge is 0.492 e. The van der Waals surface area contributed by atoms with Crippen LogP contribution in [0.25, 0.3) is 0 Å². The second-order valence-corrected chi connectivity index (χ2v) is 7.10. The van der Waals surface area contributed by atoms with Gasteiger partial charge in [0.25, 0.3) is 0 Å². The summed E-state index contributed by atoms with van der Waals surface area (Å²) in [5, 5.41) is 16.8. The summed E-state index contributed by atoms with van der Waals surface area (Å²) in [6.45, 7) is 4.16. The molecule has 2 rings (SSSR count). The molecule has 0 aliphatic heterocycles. The minimum Gasteiger partial charge on any atom is -0.492 e. The summed E-state index contributed by atoms with van der Waals surface area (Å²) >= 11 is 3.43. The molecule has 0 saturated carbocycles. The highest BCUT2D eigenvalue weighted by molar-refractivity contribution is 9.10. The van der Waals surface area contributed by atoms with Crippen molar-refractivity contribution in [2.45, 2.75) is 25.5 Å².